The number of aromatic nitrogens is 1. The van der Waals surface area contributed by atoms with Crippen LogP contribution in [-0.4, -0.2) is 17.3 Å². The second-order valence-electron chi connectivity index (χ2n) is 2.78. The van der Waals surface area contributed by atoms with Gasteiger partial charge in [0.25, 0.3) is 0 Å². The lowest BCUT2D eigenvalue weighted by Gasteiger charge is -2.00. The van der Waals surface area contributed by atoms with E-state index < -0.39 is 0 Å². The molecule has 0 saturated carbocycles. The van der Waals surface area contributed by atoms with Gasteiger partial charge < -0.3 is 4.74 Å². The molecule has 0 aromatic carbocycles. The van der Waals surface area contributed by atoms with E-state index in [9.17, 15) is 0 Å². The summed E-state index contributed by atoms with van der Waals surface area (Å²) in [6.45, 7) is 2.60. The Morgan fingerprint density at radius 1 is 1.50 bits per heavy atom. The monoisotopic (exact) mass is 209 g/mol. The molecule has 0 bridgehead atoms. The molecule has 0 radical (unpaired) electrons. The predicted molar refractivity (Wildman–Crippen MR) is 62.9 cm³/mol. The summed E-state index contributed by atoms with van der Waals surface area (Å²) in [5.74, 6) is 1.56. The number of rotatable bonds is 5. The summed E-state index contributed by atoms with van der Waals surface area (Å²) in [7, 11) is 0. The lowest BCUT2D eigenvalue weighted by atomic mass is 10.2. The van der Waals surface area contributed by atoms with Crippen molar-refractivity contribution in [1.82, 2.24) is 4.98 Å². The Morgan fingerprint density at radius 3 is 2.93 bits per heavy atom. The Kier molecular flexibility index (Phi) is 5.15. The molecule has 3 heteroatoms. The molecule has 0 N–H and O–H groups in total. The van der Waals surface area contributed by atoms with Gasteiger partial charge in [-0.05, 0) is 30.7 Å². The largest absolute Gasteiger partial charge is 0.478 e. The third-order valence-corrected chi connectivity index (χ3v) is 1.92. The van der Waals surface area contributed by atoms with Crippen LogP contribution in [0.25, 0.3) is 6.08 Å². The maximum atomic E-state index is 5.24. The Labute approximate surface area is 90.4 Å². The molecular weight excluding hydrogens is 194 g/mol. The zero-order chi connectivity index (χ0) is 10.2. The van der Waals surface area contributed by atoms with Crippen molar-refractivity contribution in [2.45, 2.75) is 13.3 Å². The normalized spacial score (nSPS) is 10.7. The van der Waals surface area contributed by atoms with E-state index in [1.807, 2.05) is 25.1 Å². The summed E-state index contributed by atoms with van der Waals surface area (Å²) in [4.78, 5) is 4.15. The molecule has 0 saturated heterocycles. The van der Waals surface area contributed by atoms with E-state index in [-0.39, 0.29) is 0 Å². The van der Waals surface area contributed by atoms with Gasteiger partial charge in [-0.25, -0.2) is 4.98 Å². The minimum absolute atomic E-state index is 0.655. The van der Waals surface area contributed by atoms with Crippen LogP contribution in [-0.2, 0) is 0 Å². The van der Waals surface area contributed by atoms with Crippen molar-refractivity contribution in [3.63, 3.8) is 0 Å². The Bertz CT molecular complexity index is 282. The highest BCUT2D eigenvalue weighted by Gasteiger charge is 1.92. The van der Waals surface area contributed by atoms with Gasteiger partial charge in [-0.2, -0.15) is 12.6 Å². The third kappa shape index (κ3) is 3.83. The first-order valence-corrected chi connectivity index (χ1v) is 5.36. The van der Waals surface area contributed by atoms with Crippen molar-refractivity contribution in [3.05, 3.63) is 30.0 Å². The van der Waals surface area contributed by atoms with Crippen LogP contribution >= 0.6 is 12.6 Å². The Hall–Kier alpha value is -0.960. The molecule has 0 atom stereocenters. The summed E-state index contributed by atoms with van der Waals surface area (Å²) in [6.07, 6.45) is 6.92. The van der Waals surface area contributed by atoms with Crippen molar-refractivity contribution < 1.29 is 4.74 Å². The molecule has 0 aliphatic heterocycles. The van der Waals surface area contributed by atoms with E-state index in [0.29, 0.717) is 12.5 Å². The van der Waals surface area contributed by atoms with Crippen molar-refractivity contribution >= 4 is 18.7 Å². The fraction of sp³-hybridized carbons (Fsp3) is 0.364. The van der Waals surface area contributed by atoms with E-state index in [0.717, 1.165) is 17.7 Å². The van der Waals surface area contributed by atoms with Gasteiger partial charge in [-0.3, -0.25) is 0 Å². The summed E-state index contributed by atoms with van der Waals surface area (Å²) in [5.41, 5.74) is 1.09. The predicted octanol–water partition coefficient (Wildman–Crippen LogP) is 2.81. The molecule has 0 spiro atoms. The van der Waals surface area contributed by atoms with Crippen LogP contribution in [0, 0.1) is 0 Å². The van der Waals surface area contributed by atoms with Gasteiger partial charge in [0.05, 0.1) is 6.61 Å². The minimum Gasteiger partial charge on any atom is -0.478 e. The second-order valence-corrected chi connectivity index (χ2v) is 3.22. The first kappa shape index (κ1) is 11.1. The van der Waals surface area contributed by atoms with E-state index in [1.165, 1.54) is 0 Å². The third-order valence-electron chi connectivity index (χ3n) is 1.66. The van der Waals surface area contributed by atoms with Crippen LogP contribution in [0.1, 0.15) is 18.9 Å². The van der Waals surface area contributed by atoms with Crippen LogP contribution < -0.4 is 4.74 Å². The summed E-state index contributed by atoms with van der Waals surface area (Å²) < 4.78 is 5.24. The van der Waals surface area contributed by atoms with Gasteiger partial charge in [0, 0.05) is 12.3 Å². The number of thiol groups is 1. The van der Waals surface area contributed by atoms with Gasteiger partial charge in [0.2, 0.25) is 5.88 Å². The highest BCUT2D eigenvalue weighted by atomic mass is 32.1. The van der Waals surface area contributed by atoms with E-state index in [1.54, 1.807) is 6.20 Å². The zero-order valence-corrected chi connectivity index (χ0v) is 9.21. The number of hydrogen-bond acceptors (Lipinski definition) is 3. The van der Waals surface area contributed by atoms with E-state index in [4.69, 9.17) is 4.74 Å². The van der Waals surface area contributed by atoms with Crippen molar-refractivity contribution in [2.75, 3.05) is 12.4 Å². The highest BCUT2D eigenvalue weighted by molar-refractivity contribution is 7.80. The van der Waals surface area contributed by atoms with Gasteiger partial charge in [0.15, 0.2) is 0 Å². The lowest BCUT2D eigenvalue weighted by molar-refractivity contribution is 0.327. The van der Waals surface area contributed by atoms with Crippen molar-refractivity contribution in [1.29, 1.82) is 0 Å². The molecule has 1 aromatic rings. The fourth-order valence-corrected chi connectivity index (χ4v) is 1.17. The first-order chi connectivity index (χ1) is 6.86. The molecule has 14 heavy (non-hydrogen) atoms. The average molecular weight is 209 g/mol. The molecule has 1 heterocycles. The van der Waals surface area contributed by atoms with Crippen LogP contribution in [0.5, 0.6) is 5.88 Å². The molecular formula is C11H15NOS. The van der Waals surface area contributed by atoms with Crippen LogP contribution in [0.4, 0.5) is 0 Å². The lowest BCUT2D eigenvalue weighted by Crippen LogP contribution is -1.93. The number of allylic oxidation sites excluding steroid dienone is 1. The molecule has 1 rings (SSSR count). The van der Waals surface area contributed by atoms with Crippen LogP contribution in [0.3, 0.4) is 0 Å². The maximum Gasteiger partial charge on any atom is 0.213 e. The van der Waals surface area contributed by atoms with Gasteiger partial charge in [0.1, 0.15) is 0 Å². The minimum atomic E-state index is 0.655. The standard InChI is InChI=1S/C11H15NOS/c1-2-13-11-7-6-10(9-12-11)5-3-4-8-14/h3,5-7,9,14H,2,4,8H2,1H3. The zero-order valence-electron chi connectivity index (χ0n) is 8.31. The first-order valence-electron chi connectivity index (χ1n) is 4.73. The average Bonchev–Trinajstić information content (AvgIpc) is 2.21. The number of nitrogens with zero attached hydrogens (tertiary/aromatic N) is 1. The maximum absolute atomic E-state index is 5.24. The number of pyridine rings is 1. The second kappa shape index (κ2) is 6.49. The fourth-order valence-electron chi connectivity index (χ4n) is 1.02. The van der Waals surface area contributed by atoms with Gasteiger partial charge >= 0.3 is 0 Å². The molecule has 0 aliphatic carbocycles. The summed E-state index contributed by atoms with van der Waals surface area (Å²) in [5, 5.41) is 0. The smallest absolute Gasteiger partial charge is 0.213 e. The van der Waals surface area contributed by atoms with E-state index in [2.05, 4.69) is 23.7 Å². The van der Waals surface area contributed by atoms with Crippen LogP contribution in [0.2, 0.25) is 0 Å². The SMILES string of the molecule is CCOc1ccc(C=CCCS)cn1. The summed E-state index contributed by atoms with van der Waals surface area (Å²) >= 11 is 4.12. The topological polar surface area (TPSA) is 22.1 Å². The molecule has 76 valence electrons. The molecule has 1 aromatic heterocycles. The van der Waals surface area contributed by atoms with Gasteiger partial charge in [-0.15, -0.1) is 0 Å². The van der Waals surface area contributed by atoms with E-state index >= 15 is 0 Å². The van der Waals surface area contributed by atoms with Crippen molar-refractivity contribution in [3.8, 4) is 5.88 Å². The molecule has 0 aliphatic rings. The molecule has 2 nitrogen and oxygen atoms in total. The van der Waals surface area contributed by atoms with Crippen molar-refractivity contribution in [2.24, 2.45) is 0 Å². The number of ether oxygens (including phenoxy) is 1. The quantitative estimate of drug-likeness (QED) is 0.753. The Morgan fingerprint density at radius 2 is 2.36 bits per heavy atom. The highest BCUT2D eigenvalue weighted by Crippen LogP contribution is 2.08. The van der Waals surface area contributed by atoms with Crippen LogP contribution in [0.15, 0.2) is 24.4 Å². The molecule has 0 fully saturated rings. The summed E-state index contributed by atoms with van der Waals surface area (Å²) in [6, 6.07) is 3.87. The number of hydrogen-bond donors (Lipinski definition) is 1. The van der Waals surface area contributed by atoms with Gasteiger partial charge in [-0.1, -0.05) is 12.2 Å². The molecule has 0 unspecified atom stereocenters. The molecule has 0 amide bonds. The Balaban J connectivity index is 2.54.